The molecular weight excluding hydrogens is 259 g/mol. The van der Waals surface area contributed by atoms with Gasteiger partial charge in [0.15, 0.2) is 0 Å². The van der Waals surface area contributed by atoms with Crippen molar-refractivity contribution in [2.24, 2.45) is 5.84 Å². The van der Waals surface area contributed by atoms with Gasteiger partial charge in [-0.25, -0.2) is 5.84 Å². The van der Waals surface area contributed by atoms with Gasteiger partial charge in [0.2, 0.25) is 0 Å². The van der Waals surface area contributed by atoms with Gasteiger partial charge in [0.05, 0.1) is 6.54 Å². The van der Waals surface area contributed by atoms with Crippen molar-refractivity contribution in [3.63, 3.8) is 0 Å². The first kappa shape index (κ1) is 15.5. The molecule has 0 atom stereocenters. The highest BCUT2D eigenvalue weighted by atomic mass is 19.4. The van der Waals surface area contributed by atoms with Gasteiger partial charge in [-0.15, -0.1) is 0 Å². The Morgan fingerprint density at radius 3 is 2.63 bits per heavy atom. The van der Waals surface area contributed by atoms with Crippen LogP contribution in [0.15, 0.2) is 24.3 Å². The molecule has 7 heteroatoms. The highest BCUT2D eigenvalue weighted by Crippen LogP contribution is 2.18. The molecular formula is C12H16F3N3O. The predicted octanol–water partition coefficient (Wildman–Crippen LogP) is 1.67. The van der Waals surface area contributed by atoms with Crippen LogP contribution >= 0.6 is 0 Å². The molecule has 0 aliphatic carbocycles. The normalized spacial score (nSPS) is 11.7. The van der Waals surface area contributed by atoms with Crippen LogP contribution in [0.1, 0.15) is 22.8 Å². The van der Waals surface area contributed by atoms with Crippen molar-refractivity contribution in [2.45, 2.75) is 19.6 Å². The third kappa shape index (κ3) is 5.27. The van der Waals surface area contributed by atoms with Crippen LogP contribution in [0, 0.1) is 0 Å². The Morgan fingerprint density at radius 2 is 2.11 bits per heavy atom. The van der Waals surface area contributed by atoms with Crippen LogP contribution < -0.4 is 11.3 Å². The van der Waals surface area contributed by atoms with E-state index in [1.165, 1.54) is 11.0 Å². The number of halogens is 3. The number of hydrazine groups is 1. The lowest BCUT2D eigenvalue weighted by molar-refractivity contribution is -0.146. The van der Waals surface area contributed by atoms with Crippen molar-refractivity contribution in [3.05, 3.63) is 35.4 Å². The Labute approximate surface area is 109 Å². The number of rotatable bonds is 5. The number of nitrogens with zero attached hydrogens (tertiary/aromatic N) is 1. The van der Waals surface area contributed by atoms with Crippen LogP contribution in [-0.4, -0.2) is 30.1 Å². The minimum absolute atomic E-state index is 0.127. The first-order valence-corrected chi connectivity index (χ1v) is 5.74. The summed E-state index contributed by atoms with van der Waals surface area (Å²) >= 11 is 0. The molecule has 0 aliphatic rings. The van der Waals surface area contributed by atoms with Crippen molar-refractivity contribution >= 4 is 5.91 Å². The Hall–Kier alpha value is -1.60. The summed E-state index contributed by atoms with van der Waals surface area (Å²) in [5.74, 6) is 4.53. The fourth-order valence-corrected chi connectivity index (χ4v) is 1.69. The van der Waals surface area contributed by atoms with Crippen molar-refractivity contribution in [2.75, 3.05) is 13.1 Å². The summed E-state index contributed by atoms with van der Waals surface area (Å²) in [6, 6.07) is 6.36. The van der Waals surface area contributed by atoms with E-state index in [9.17, 15) is 18.0 Å². The SMILES string of the molecule is CCN(Cc1cccc(C(=O)NN)c1)CC(F)(F)F. The first-order chi connectivity index (χ1) is 8.85. The second kappa shape index (κ2) is 6.53. The smallest absolute Gasteiger partial charge is 0.291 e. The maximum atomic E-state index is 12.3. The number of amides is 1. The van der Waals surface area contributed by atoms with E-state index in [0.717, 1.165) is 0 Å². The molecule has 1 aromatic rings. The molecule has 0 saturated carbocycles. The third-order valence-electron chi connectivity index (χ3n) is 2.58. The fourth-order valence-electron chi connectivity index (χ4n) is 1.69. The summed E-state index contributed by atoms with van der Waals surface area (Å²) in [5, 5.41) is 0. The lowest BCUT2D eigenvalue weighted by atomic mass is 10.1. The molecule has 1 rings (SSSR count). The summed E-state index contributed by atoms with van der Waals surface area (Å²) < 4.78 is 37.0. The molecule has 4 nitrogen and oxygen atoms in total. The van der Waals surface area contributed by atoms with Crippen molar-refractivity contribution in [1.29, 1.82) is 0 Å². The monoisotopic (exact) mass is 275 g/mol. The highest BCUT2D eigenvalue weighted by molar-refractivity contribution is 5.93. The number of carbonyl (C=O) groups is 1. The second-order valence-electron chi connectivity index (χ2n) is 4.09. The van der Waals surface area contributed by atoms with Gasteiger partial charge in [0.1, 0.15) is 0 Å². The number of benzene rings is 1. The Morgan fingerprint density at radius 1 is 1.42 bits per heavy atom. The van der Waals surface area contributed by atoms with Gasteiger partial charge in [0.25, 0.3) is 5.91 Å². The molecule has 3 N–H and O–H groups in total. The van der Waals surface area contributed by atoms with Crippen LogP contribution in [0.4, 0.5) is 13.2 Å². The lowest BCUT2D eigenvalue weighted by Crippen LogP contribution is -2.34. The number of nitrogens with one attached hydrogen (secondary N) is 1. The molecule has 0 aromatic heterocycles. The molecule has 0 heterocycles. The average Bonchev–Trinajstić information content (AvgIpc) is 2.35. The van der Waals surface area contributed by atoms with E-state index < -0.39 is 18.6 Å². The third-order valence-corrected chi connectivity index (χ3v) is 2.58. The van der Waals surface area contributed by atoms with Gasteiger partial charge in [-0.05, 0) is 24.2 Å². The van der Waals surface area contributed by atoms with Gasteiger partial charge >= 0.3 is 6.18 Å². The molecule has 0 bridgehead atoms. The molecule has 1 aromatic carbocycles. The molecule has 0 fully saturated rings. The maximum Gasteiger partial charge on any atom is 0.401 e. The molecule has 19 heavy (non-hydrogen) atoms. The predicted molar refractivity (Wildman–Crippen MR) is 65.1 cm³/mol. The van der Waals surface area contributed by atoms with E-state index >= 15 is 0 Å². The first-order valence-electron chi connectivity index (χ1n) is 5.74. The molecule has 106 valence electrons. The topological polar surface area (TPSA) is 58.4 Å². The van der Waals surface area contributed by atoms with Crippen molar-refractivity contribution in [3.8, 4) is 0 Å². The quantitative estimate of drug-likeness (QED) is 0.488. The zero-order chi connectivity index (χ0) is 14.5. The number of nitrogen functional groups attached to an aromatic ring is 1. The number of hydrogen-bond donors (Lipinski definition) is 2. The molecule has 0 spiro atoms. The van der Waals surface area contributed by atoms with Gasteiger partial charge in [-0.2, -0.15) is 13.2 Å². The second-order valence-corrected chi connectivity index (χ2v) is 4.09. The largest absolute Gasteiger partial charge is 0.401 e. The Kier molecular flexibility index (Phi) is 5.31. The van der Waals surface area contributed by atoms with Crippen molar-refractivity contribution in [1.82, 2.24) is 10.3 Å². The minimum atomic E-state index is -4.23. The summed E-state index contributed by atoms with van der Waals surface area (Å²) in [6.45, 7) is 1.08. The summed E-state index contributed by atoms with van der Waals surface area (Å²) in [4.78, 5) is 12.6. The van der Waals surface area contributed by atoms with E-state index in [0.29, 0.717) is 11.1 Å². The zero-order valence-corrected chi connectivity index (χ0v) is 10.5. The number of hydrogen-bond acceptors (Lipinski definition) is 3. The summed E-state index contributed by atoms with van der Waals surface area (Å²) in [5.41, 5.74) is 2.94. The van der Waals surface area contributed by atoms with Crippen LogP contribution in [0.3, 0.4) is 0 Å². The van der Waals surface area contributed by atoms with Crippen LogP contribution in [-0.2, 0) is 6.54 Å². The van der Waals surface area contributed by atoms with Crippen LogP contribution in [0.5, 0.6) is 0 Å². The van der Waals surface area contributed by atoms with E-state index in [4.69, 9.17) is 5.84 Å². The van der Waals surface area contributed by atoms with Gasteiger partial charge in [0, 0.05) is 12.1 Å². The zero-order valence-electron chi connectivity index (χ0n) is 10.5. The highest BCUT2D eigenvalue weighted by Gasteiger charge is 2.30. The van der Waals surface area contributed by atoms with E-state index in [1.54, 1.807) is 25.1 Å². The van der Waals surface area contributed by atoms with E-state index in [1.807, 2.05) is 5.43 Å². The maximum absolute atomic E-state index is 12.3. The average molecular weight is 275 g/mol. The molecule has 0 aliphatic heterocycles. The van der Waals surface area contributed by atoms with Crippen LogP contribution in [0.2, 0.25) is 0 Å². The minimum Gasteiger partial charge on any atom is -0.291 e. The van der Waals surface area contributed by atoms with E-state index in [-0.39, 0.29) is 13.1 Å². The molecule has 0 unspecified atom stereocenters. The van der Waals surface area contributed by atoms with Gasteiger partial charge in [-0.3, -0.25) is 15.1 Å². The standard InChI is InChI=1S/C12H16F3N3O/c1-2-18(8-12(13,14)15)7-9-4-3-5-10(6-9)11(19)17-16/h3-6H,2,7-8,16H2,1H3,(H,17,19). The summed E-state index contributed by atoms with van der Waals surface area (Å²) in [7, 11) is 0. The molecule has 0 saturated heterocycles. The Bertz CT molecular complexity index is 434. The number of nitrogens with two attached hydrogens (primary N) is 1. The lowest BCUT2D eigenvalue weighted by Gasteiger charge is -2.22. The number of carbonyl (C=O) groups excluding carboxylic acids is 1. The number of alkyl halides is 3. The summed E-state index contributed by atoms with van der Waals surface area (Å²) in [6.07, 6.45) is -4.23. The van der Waals surface area contributed by atoms with Crippen LogP contribution in [0.25, 0.3) is 0 Å². The fraction of sp³-hybridized carbons (Fsp3) is 0.417. The van der Waals surface area contributed by atoms with Gasteiger partial charge < -0.3 is 0 Å². The van der Waals surface area contributed by atoms with Crippen molar-refractivity contribution < 1.29 is 18.0 Å². The van der Waals surface area contributed by atoms with Gasteiger partial charge in [-0.1, -0.05) is 19.1 Å². The molecule has 0 radical (unpaired) electrons. The Balaban J connectivity index is 2.77. The van der Waals surface area contributed by atoms with E-state index in [2.05, 4.69) is 0 Å². The molecule has 1 amide bonds.